The monoisotopic (exact) mass is 388 g/mol. The van der Waals surface area contributed by atoms with Gasteiger partial charge in [0.1, 0.15) is 5.75 Å². The molecule has 0 aliphatic carbocycles. The molecule has 6 heteroatoms. The molecule has 1 fully saturated rings. The van der Waals surface area contributed by atoms with E-state index in [1.165, 1.54) is 6.07 Å². The Labute approximate surface area is 148 Å². The van der Waals surface area contributed by atoms with Gasteiger partial charge < -0.3 is 15.3 Å². The summed E-state index contributed by atoms with van der Waals surface area (Å²) in [7, 11) is 0. The zero-order valence-corrected chi connectivity index (χ0v) is 14.5. The van der Waals surface area contributed by atoms with Gasteiger partial charge in [-0.2, -0.15) is 0 Å². The van der Waals surface area contributed by atoms with Crippen molar-refractivity contribution in [3.8, 4) is 5.75 Å². The zero-order chi connectivity index (χ0) is 17.1. The predicted octanol–water partition coefficient (Wildman–Crippen LogP) is 3.21. The van der Waals surface area contributed by atoms with Crippen LogP contribution in [0.4, 0.5) is 5.69 Å². The Kier molecular flexibility index (Phi) is 4.85. The first-order valence-corrected chi connectivity index (χ1v) is 8.50. The van der Waals surface area contributed by atoms with Gasteiger partial charge in [-0.05, 0) is 42.3 Å². The van der Waals surface area contributed by atoms with Gasteiger partial charge in [-0.25, -0.2) is 0 Å². The minimum absolute atomic E-state index is 0.0650. The third-order valence-corrected chi connectivity index (χ3v) is 4.47. The molecule has 0 bridgehead atoms. The quantitative estimate of drug-likeness (QED) is 0.844. The van der Waals surface area contributed by atoms with Crippen LogP contribution in [0.2, 0.25) is 0 Å². The van der Waals surface area contributed by atoms with Crippen molar-refractivity contribution >= 4 is 33.4 Å². The number of anilines is 1. The number of halogens is 1. The SMILES string of the molecule is O=C(NCc1ccc(N2CCCC2=O)cc1)c1ccc(Br)cc1O. The Morgan fingerprint density at radius 3 is 2.58 bits per heavy atom. The number of rotatable bonds is 4. The van der Waals surface area contributed by atoms with Gasteiger partial charge in [0, 0.05) is 29.7 Å². The van der Waals surface area contributed by atoms with E-state index in [0.29, 0.717) is 17.4 Å². The maximum Gasteiger partial charge on any atom is 0.255 e. The fourth-order valence-electron chi connectivity index (χ4n) is 2.69. The van der Waals surface area contributed by atoms with Crippen molar-refractivity contribution in [3.05, 3.63) is 58.1 Å². The largest absolute Gasteiger partial charge is 0.507 e. The molecule has 5 nitrogen and oxygen atoms in total. The number of nitrogens with one attached hydrogen (secondary N) is 1. The number of hydrogen-bond acceptors (Lipinski definition) is 3. The lowest BCUT2D eigenvalue weighted by atomic mass is 10.1. The van der Waals surface area contributed by atoms with Crippen LogP contribution < -0.4 is 10.2 Å². The third kappa shape index (κ3) is 3.59. The van der Waals surface area contributed by atoms with Gasteiger partial charge in [0.25, 0.3) is 5.91 Å². The minimum Gasteiger partial charge on any atom is -0.507 e. The number of benzene rings is 2. The van der Waals surface area contributed by atoms with Crippen LogP contribution in [0.5, 0.6) is 5.75 Å². The number of amides is 2. The van der Waals surface area contributed by atoms with Crippen molar-refractivity contribution in [1.29, 1.82) is 0 Å². The van der Waals surface area contributed by atoms with E-state index in [-0.39, 0.29) is 23.1 Å². The number of phenolic OH excluding ortho intramolecular Hbond substituents is 1. The van der Waals surface area contributed by atoms with Crippen LogP contribution in [0.25, 0.3) is 0 Å². The van der Waals surface area contributed by atoms with Gasteiger partial charge in [-0.3, -0.25) is 9.59 Å². The zero-order valence-electron chi connectivity index (χ0n) is 13.0. The summed E-state index contributed by atoms with van der Waals surface area (Å²) in [4.78, 5) is 25.6. The first-order chi connectivity index (χ1) is 11.5. The fourth-order valence-corrected chi connectivity index (χ4v) is 3.04. The minimum atomic E-state index is -0.334. The summed E-state index contributed by atoms with van der Waals surface area (Å²) in [5, 5.41) is 12.6. The summed E-state index contributed by atoms with van der Waals surface area (Å²) in [5.41, 5.74) is 2.05. The summed E-state index contributed by atoms with van der Waals surface area (Å²) in [5.74, 6) is -0.245. The molecule has 2 aromatic rings. The molecule has 24 heavy (non-hydrogen) atoms. The molecule has 124 valence electrons. The average molecular weight is 389 g/mol. The Bertz CT molecular complexity index is 774. The second-order valence-electron chi connectivity index (χ2n) is 5.66. The lowest BCUT2D eigenvalue weighted by molar-refractivity contribution is -0.117. The van der Waals surface area contributed by atoms with Crippen LogP contribution in [0.15, 0.2) is 46.9 Å². The molecule has 1 aliphatic heterocycles. The summed E-state index contributed by atoms with van der Waals surface area (Å²) in [6.45, 7) is 1.11. The van der Waals surface area contributed by atoms with E-state index < -0.39 is 0 Å². The smallest absolute Gasteiger partial charge is 0.255 e. The summed E-state index contributed by atoms with van der Waals surface area (Å²) in [6.07, 6.45) is 1.50. The Morgan fingerprint density at radius 1 is 1.21 bits per heavy atom. The van der Waals surface area contributed by atoms with Crippen LogP contribution in [0, 0.1) is 0 Å². The standard InChI is InChI=1S/C18H17BrN2O3/c19-13-5-8-15(16(22)10-13)18(24)20-11-12-3-6-14(7-4-12)21-9-1-2-17(21)23/h3-8,10,22H,1-2,9,11H2,(H,20,24). The average Bonchev–Trinajstić information content (AvgIpc) is 2.99. The molecule has 2 aromatic carbocycles. The molecular weight excluding hydrogens is 372 g/mol. The van der Waals surface area contributed by atoms with Crippen molar-refractivity contribution in [2.24, 2.45) is 0 Å². The molecule has 0 saturated carbocycles. The van der Waals surface area contributed by atoms with Crippen molar-refractivity contribution in [2.45, 2.75) is 19.4 Å². The van der Waals surface area contributed by atoms with Crippen molar-refractivity contribution < 1.29 is 14.7 Å². The number of phenols is 1. The van der Waals surface area contributed by atoms with E-state index in [4.69, 9.17) is 0 Å². The molecule has 0 aromatic heterocycles. The lowest BCUT2D eigenvalue weighted by Gasteiger charge is -2.16. The second-order valence-corrected chi connectivity index (χ2v) is 6.58. The fraction of sp³-hybridized carbons (Fsp3) is 0.222. The number of nitrogens with zero attached hydrogens (tertiary/aromatic N) is 1. The molecule has 1 aliphatic rings. The molecule has 1 saturated heterocycles. The van der Waals surface area contributed by atoms with Gasteiger partial charge >= 0.3 is 0 Å². The molecule has 1 heterocycles. The van der Waals surface area contributed by atoms with Gasteiger partial charge in [0.2, 0.25) is 5.91 Å². The highest BCUT2D eigenvalue weighted by atomic mass is 79.9. The number of carbonyl (C=O) groups excluding carboxylic acids is 2. The van der Waals surface area contributed by atoms with E-state index in [1.807, 2.05) is 24.3 Å². The van der Waals surface area contributed by atoms with Crippen molar-refractivity contribution in [2.75, 3.05) is 11.4 Å². The predicted molar refractivity (Wildman–Crippen MR) is 95.0 cm³/mol. The van der Waals surface area contributed by atoms with E-state index in [1.54, 1.807) is 17.0 Å². The van der Waals surface area contributed by atoms with Crippen LogP contribution >= 0.6 is 15.9 Å². The van der Waals surface area contributed by atoms with E-state index in [9.17, 15) is 14.7 Å². The van der Waals surface area contributed by atoms with E-state index >= 15 is 0 Å². The highest BCUT2D eigenvalue weighted by molar-refractivity contribution is 9.10. The van der Waals surface area contributed by atoms with Gasteiger partial charge in [-0.1, -0.05) is 28.1 Å². The Hall–Kier alpha value is -2.34. The molecule has 0 unspecified atom stereocenters. The van der Waals surface area contributed by atoms with Crippen molar-refractivity contribution in [3.63, 3.8) is 0 Å². The van der Waals surface area contributed by atoms with Gasteiger partial charge in [0.05, 0.1) is 5.56 Å². The Morgan fingerprint density at radius 2 is 1.96 bits per heavy atom. The lowest BCUT2D eigenvalue weighted by Crippen LogP contribution is -2.24. The number of aromatic hydroxyl groups is 1. The van der Waals surface area contributed by atoms with Crippen LogP contribution in [0.3, 0.4) is 0 Å². The van der Waals surface area contributed by atoms with Crippen LogP contribution in [-0.4, -0.2) is 23.5 Å². The first-order valence-electron chi connectivity index (χ1n) is 7.70. The van der Waals surface area contributed by atoms with Gasteiger partial charge in [0.15, 0.2) is 0 Å². The molecule has 0 atom stereocenters. The van der Waals surface area contributed by atoms with Gasteiger partial charge in [-0.15, -0.1) is 0 Å². The van der Waals surface area contributed by atoms with Crippen LogP contribution in [0.1, 0.15) is 28.8 Å². The topological polar surface area (TPSA) is 69.6 Å². The number of hydrogen-bond donors (Lipinski definition) is 2. The molecule has 2 N–H and O–H groups in total. The Balaban J connectivity index is 1.62. The molecule has 3 rings (SSSR count). The summed E-state index contributed by atoms with van der Waals surface area (Å²) < 4.78 is 0.712. The normalized spacial score (nSPS) is 14.0. The molecule has 0 radical (unpaired) electrons. The maximum atomic E-state index is 12.1. The van der Waals surface area contributed by atoms with Crippen LogP contribution in [-0.2, 0) is 11.3 Å². The maximum absolute atomic E-state index is 12.1. The molecular formula is C18H17BrN2O3. The summed E-state index contributed by atoms with van der Waals surface area (Å²) >= 11 is 3.24. The second kappa shape index (κ2) is 7.05. The highest BCUT2D eigenvalue weighted by Crippen LogP contribution is 2.23. The first kappa shape index (κ1) is 16.5. The van der Waals surface area contributed by atoms with E-state index in [2.05, 4.69) is 21.2 Å². The molecule has 2 amide bonds. The highest BCUT2D eigenvalue weighted by Gasteiger charge is 2.21. The molecule has 0 spiro atoms. The third-order valence-electron chi connectivity index (χ3n) is 3.98. The number of carbonyl (C=O) groups is 2. The summed E-state index contributed by atoms with van der Waals surface area (Å²) in [6, 6.07) is 12.3. The van der Waals surface area contributed by atoms with E-state index in [0.717, 1.165) is 24.2 Å². The van der Waals surface area contributed by atoms with Crippen molar-refractivity contribution in [1.82, 2.24) is 5.32 Å².